The predicted molar refractivity (Wildman–Crippen MR) is 50.5 cm³/mol. The molecule has 3 atom stereocenters. The summed E-state index contributed by atoms with van der Waals surface area (Å²) in [5, 5.41) is 9.44. The Morgan fingerprint density at radius 2 is 2.25 bits per heavy atom. The molecule has 1 fully saturated rings. The van der Waals surface area contributed by atoms with Gasteiger partial charge < -0.3 is 0 Å². The highest BCUT2D eigenvalue weighted by Crippen LogP contribution is 2.57. The maximum Gasteiger partial charge on any atom is 0.416 e. The van der Waals surface area contributed by atoms with Crippen molar-refractivity contribution in [3.05, 3.63) is 23.8 Å². The molecular weight excluding hydrogens is 219 g/mol. The zero-order valence-electron chi connectivity index (χ0n) is 8.57. The minimum atomic E-state index is -4.29. The van der Waals surface area contributed by atoms with Crippen LogP contribution >= 0.6 is 0 Å². The van der Waals surface area contributed by atoms with E-state index in [1.54, 1.807) is 12.1 Å². The molecule has 1 saturated carbocycles. The fourth-order valence-corrected chi connectivity index (χ4v) is 2.51. The summed E-state index contributed by atoms with van der Waals surface area (Å²) in [6.45, 7) is 0. The summed E-state index contributed by atoms with van der Waals surface area (Å²) in [4.78, 5) is 0. The first-order chi connectivity index (χ1) is 7.43. The Bertz CT molecular complexity index is 424. The Hall–Kier alpha value is -1.33. The molecule has 1 aliphatic heterocycles. The summed E-state index contributed by atoms with van der Waals surface area (Å²) in [6.07, 6.45) is 0.333. The highest BCUT2D eigenvalue weighted by atomic mass is 19.4. The third kappa shape index (κ3) is 1.15. The van der Waals surface area contributed by atoms with E-state index in [1.165, 1.54) is 12.2 Å². The van der Waals surface area contributed by atoms with E-state index in [4.69, 9.17) is 0 Å². The maximum atomic E-state index is 12.7. The molecule has 3 rings (SSSR count). The molecule has 0 radical (unpaired) electrons. The van der Waals surface area contributed by atoms with Crippen LogP contribution in [-0.4, -0.2) is 29.8 Å². The van der Waals surface area contributed by atoms with Gasteiger partial charge in [0.25, 0.3) is 0 Å². The van der Waals surface area contributed by atoms with Gasteiger partial charge in [0.2, 0.25) is 0 Å². The first-order valence-electron chi connectivity index (χ1n) is 5.06. The molecule has 6 heteroatoms. The van der Waals surface area contributed by atoms with Crippen molar-refractivity contribution in [2.75, 3.05) is 7.05 Å². The summed E-state index contributed by atoms with van der Waals surface area (Å²) in [7, 11) is 1.68. The standard InChI is InChI=1S/C10H10F3N3/c1-16-9-4-6(10(11,12)13)2-3-8(14-15-16)7(9)5-9/h2-4,7-8H,5H2,1H3. The number of nitrogens with zero attached hydrogens (tertiary/aromatic N) is 3. The molecule has 86 valence electrons. The monoisotopic (exact) mass is 229 g/mol. The van der Waals surface area contributed by atoms with Crippen molar-refractivity contribution in [3.63, 3.8) is 0 Å². The number of hydrogen-bond donors (Lipinski definition) is 0. The van der Waals surface area contributed by atoms with Crippen LogP contribution in [0.15, 0.2) is 34.1 Å². The second-order valence-electron chi connectivity index (χ2n) is 4.48. The van der Waals surface area contributed by atoms with Crippen LogP contribution in [0.5, 0.6) is 0 Å². The lowest BCUT2D eigenvalue weighted by atomic mass is 10.1. The van der Waals surface area contributed by atoms with Crippen LogP contribution in [0, 0.1) is 5.92 Å². The van der Waals surface area contributed by atoms with Crippen molar-refractivity contribution in [2.45, 2.75) is 24.2 Å². The van der Waals surface area contributed by atoms with Gasteiger partial charge in [-0.05, 0) is 12.5 Å². The van der Waals surface area contributed by atoms with Crippen LogP contribution < -0.4 is 0 Å². The molecule has 3 nitrogen and oxygen atoms in total. The highest BCUT2D eigenvalue weighted by Gasteiger charge is 2.62. The Kier molecular flexibility index (Phi) is 1.65. The average molecular weight is 229 g/mol. The second-order valence-corrected chi connectivity index (χ2v) is 4.48. The molecule has 0 aromatic heterocycles. The first kappa shape index (κ1) is 9.86. The number of hydrogen-bond acceptors (Lipinski definition) is 3. The quantitative estimate of drug-likeness (QED) is 0.627. The predicted octanol–water partition coefficient (Wildman–Crippen LogP) is 2.48. The van der Waals surface area contributed by atoms with Crippen molar-refractivity contribution >= 4 is 0 Å². The zero-order valence-corrected chi connectivity index (χ0v) is 8.57. The smallest absolute Gasteiger partial charge is 0.272 e. The van der Waals surface area contributed by atoms with Gasteiger partial charge >= 0.3 is 6.18 Å². The van der Waals surface area contributed by atoms with E-state index in [-0.39, 0.29) is 12.0 Å². The van der Waals surface area contributed by atoms with E-state index in [1.807, 2.05) is 0 Å². The summed E-state index contributed by atoms with van der Waals surface area (Å²) >= 11 is 0. The number of halogens is 3. The van der Waals surface area contributed by atoms with Crippen LogP contribution in [-0.2, 0) is 0 Å². The van der Waals surface area contributed by atoms with Gasteiger partial charge in [-0.25, -0.2) is 0 Å². The topological polar surface area (TPSA) is 28.0 Å². The van der Waals surface area contributed by atoms with E-state index >= 15 is 0 Å². The molecule has 0 aromatic rings. The summed E-state index contributed by atoms with van der Waals surface area (Å²) in [6, 6.07) is -0.202. The molecule has 3 unspecified atom stereocenters. The van der Waals surface area contributed by atoms with E-state index in [0.29, 0.717) is 6.42 Å². The third-order valence-electron chi connectivity index (χ3n) is 3.57. The molecular formula is C10H10F3N3. The van der Waals surface area contributed by atoms with E-state index in [2.05, 4.69) is 10.3 Å². The Balaban J connectivity index is 2.07. The molecule has 0 N–H and O–H groups in total. The number of likely N-dealkylation sites (N-methyl/N-ethyl adjacent to an activating group) is 1. The second kappa shape index (κ2) is 2.67. The number of alkyl halides is 3. The molecule has 0 saturated heterocycles. The molecule has 2 aliphatic carbocycles. The average Bonchev–Trinajstić information content (AvgIpc) is 2.87. The minimum Gasteiger partial charge on any atom is -0.272 e. The highest BCUT2D eigenvalue weighted by molar-refractivity contribution is 5.40. The zero-order chi connectivity index (χ0) is 11.6. The minimum absolute atomic E-state index is 0.145. The molecule has 0 amide bonds. The van der Waals surface area contributed by atoms with Gasteiger partial charge in [-0.15, -0.1) is 0 Å². The lowest BCUT2D eigenvalue weighted by molar-refractivity contribution is -0.0888. The SMILES string of the molecule is CN1N=NC2C=CC(C(F)(F)F)=CC13CC23. The fraction of sp³-hybridized carbons (Fsp3) is 0.600. The van der Waals surface area contributed by atoms with Crippen LogP contribution in [0.1, 0.15) is 6.42 Å². The normalized spacial score (nSPS) is 40.2. The fourth-order valence-electron chi connectivity index (χ4n) is 2.51. The van der Waals surface area contributed by atoms with Crippen LogP contribution in [0.25, 0.3) is 0 Å². The van der Waals surface area contributed by atoms with Gasteiger partial charge in [0.1, 0.15) is 0 Å². The van der Waals surface area contributed by atoms with Crippen molar-refractivity contribution in [3.8, 4) is 0 Å². The van der Waals surface area contributed by atoms with E-state index in [9.17, 15) is 13.2 Å². The van der Waals surface area contributed by atoms with Crippen molar-refractivity contribution in [1.29, 1.82) is 0 Å². The third-order valence-corrected chi connectivity index (χ3v) is 3.57. The maximum absolute atomic E-state index is 12.7. The Labute approximate surface area is 90.3 Å². The summed E-state index contributed by atoms with van der Waals surface area (Å²) in [5.41, 5.74) is -1.14. The molecule has 16 heavy (non-hydrogen) atoms. The molecule has 3 aliphatic rings. The lowest BCUT2D eigenvalue weighted by Gasteiger charge is -2.27. The van der Waals surface area contributed by atoms with Gasteiger partial charge in [0.05, 0.1) is 17.2 Å². The molecule has 1 heterocycles. The number of allylic oxidation sites excluding steroid dienone is 2. The lowest BCUT2D eigenvalue weighted by Crippen LogP contribution is -2.35. The first-order valence-corrected chi connectivity index (χ1v) is 5.06. The van der Waals surface area contributed by atoms with Crippen LogP contribution in [0.4, 0.5) is 13.2 Å². The van der Waals surface area contributed by atoms with Gasteiger partial charge in [-0.2, -0.15) is 18.3 Å². The molecule has 2 bridgehead atoms. The van der Waals surface area contributed by atoms with Gasteiger partial charge in [-0.3, -0.25) is 5.01 Å². The molecule has 0 spiro atoms. The van der Waals surface area contributed by atoms with Crippen molar-refractivity contribution in [2.24, 2.45) is 16.3 Å². The summed E-state index contributed by atoms with van der Waals surface area (Å²) in [5.74, 6) is 0.145. The number of rotatable bonds is 0. The van der Waals surface area contributed by atoms with E-state index in [0.717, 1.165) is 6.08 Å². The largest absolute Gasteiger partial charge is 0.416 e. The van der Waals surface area contributed by atoms with Gasteiger partial charge in [0.15, 0.2) is 0 Å². The van der Waals surface area contributed by atoms with Gasteiger partial charge in [-0.1, -0.05) is 17.4 Å². The molecule has 0 aromatic carbocycles. The van der Waals surface area contributed by atoms with Crippen LogP contribution in [0.2, 0.25) is 0 Å². The van der Waals surface area contributed by atoms with Crippen molar-refractivity contribution < 1.29 is 13.2 Å². The summed E-state index contributed by atoms with van der Waals surface area (Å²) < 4.78 is 38.1. The van der Waals surface area contributed by atoms with Crippen LogP contribution in [0.3, 0.4) is 0 Å². The van der Waals surface area contributed by atoms with Crippen molar-refractivity contribution in [1.82, 2.24) is 5.01 Å². The van der Waals surface area contributed by atoms with Gasteiger partial charge in [0, 0.05) is 13.0 Å². The van der Waals surface area contributed by atoms with E-state index < -0.39 is 17.3 Å². The Morgan fingerprint density at radius 3 is 2.94 bits per heavy atom. The Morgan fingerprint density at radius 1 is 1.50 bits per heavy atom.